The van der Waals surface area contributed by atoms with Crippen molar-refractivity contribution < 1.29 is 18.7 Å². The van der Waals surface area contributed by atoms with E-state index in [9.17, 15) is 9.59 Å². The molecule has 2 heterocycles. The van der Waals surface area contributed by atoms with E-state index < -0.39 is 11.9 Å². The molecule has 0 radical (unpaired) electrons. The molecule has 0 aliphatic rings. The molecule has 4 rings (SSSR count). The molecule has 0 saturated carbocycles. The van der Waals surface area contributed by atoms with Crippen LogP contribution in [0.3, 0.4) is 0 Å². The fourth-order valence-corrected chi connectivity index (χ4v) is 4.19. The van der Waals surface area contributed by atoms with E-state index in [-0.39, 0.29) is 6.61 Å². The van der Waals surface area contributed by atoms with Crippen LogP contribution in [0.1, 0.15) is 11.3 Å². The molecule has 0 fully saturated rings. The van der Waals surface area contributed by atoms with E-state index in [1.807, 2.05) is 24.3 Å². The van der Waals surface area contributed by atoms with Crippen molar-refractivity contribution in [1.29, 1.82) is 0 Å². The Morgan fingerprint density at radius 1 is 1.16 bits per heavy atom. The van der Waals surface area contributed by atoms with E-state index in [0.29, 0.717) is 16.1 Å². The number of halogens is 1. The minimum Gasteiger partial charge on any atom is -0.452 e. The summed E-state index contributed by atoms with van der Waals surface area (Å²) in [6.07, 6.45) is 2.67. The number of hydrogen-bond donors (Lipinski definition) is 1. The molecule has 31 heavy (non-hydrogen) atoms. The minimum atomic E-state index is -0.635. The number of nitrogens with one attached hydrogen (secondary N) is 1. The average Bonchev–Trinajstić information content (AvgIpc) is 3.36. The predicted molar refractivity (Wildman–Crippen MR) is 125 cm³/mol. The van der Waals surface area contributed by atoms with Crippen LogP contribution in [0.25, 0.3) is 26.9 Å². The summed E-state index contributed by atoms with van der Waals surface area (Å²) in [6, 6.07) is 17.0. The van der Waals surface area contributed by atoms with Gasteiger partial charge in [-0.15, -0.1) is 11.3 Å². The van der Waals surface area contributed by atoms with Gasteiger partial charge in [0.1, 0.15) is 10.8 Å². The van der Waals surface area contributed by atoms with Crippen LogP contribution in [0, 0.1) is 6.92 Å². The molecule has 0 spiro atoms. The van der Waals surface area contributed by atoms with Gasteiger partial charge < -0.3 is 14.5 Å². The second-order valence-electron chi connectivity index (χ2n) is 6.70. The molecule has 2 aromatic carbocycles. The number of rotatable bonds is 6. The van der Waals surface area contributed by atoms with E-state index in [1.54, 1.807) is 35.6 Å². The number of carbonyl (C=O) groups is 2. The lowest BCUT2D eigenvalue weighted by Gasteiger charge is -2.06. The van der Waals surface area contributed by atoms with Gasteiger partial charge in [-0.05, 0) is 83.0 Å². The lowest BCUT2D eigenvalue weighted by Crippen LogP contribution is -2.20. The van der Waals surface area contributed by atoms with Crippen LogP contribution in [0.15, 0.2) is 69.8 Å². The van der Waals surface area contributed by atoms with Crippen molar-refractivity contribution in [2.75, 3.05) is 11.9 Å². The molecule has 4 aromatic rings. The number of esters is 1. The second-order valence-corrected chi connectivity index (χ2v) is 8.51. The number of nitrogens with zero attached hydrogens (tertiary/aromatic N) is 1. The highest BCUT2D eigenvalue weighted by atomic mass is 79.9. The van der Waals surface area contributed by atoms with Crippen LogP contribution in [-0.2, 0) is 14.3 Å². The maximum Gasteiger partial charge on any atom is 0.331 e. The Balaban J connectivity index is 1.31. The van der Waals surface area contributed by atoms with Gasteiger partial charge in [-0.2, -0.15) is 0 Å². The molecule has 1 N–H and O–H groups in total. The molecule has 0 atom stereocenters. The van der Waals surface area contributed by atoms with Crippen molar-refractivity contribution >= 4 is 61.1 Å². The topological polar surface area (TPSA) is 81.4 Å². The first-order valence-corrected chi connectivity index (χ1v) is 10.9. The van der Waals surface area contributed by atoms with Crippen molar-refractivity contribution in [1.82, 2.24) is 4.98 Å². The van der Waals surface area contributed by atoms with Gasteiger partial charge in [0.15, 0.2) is 11.3 Å². The third kappa shape index (κ3) is 5.48. The minimum absolute atomic E-state index is 0.385. The molecule has 0 aliphatic carbocycles. The number of thiazole rings is 1. The number of aryl methyl sites for hydroxylation is 1. The van der Waals surface area contributed by atoms with Crippen molar-refractivity contribution in [3.8, 4) is 10.6 Å². The summed E-state index contributed by atoms with van der Waals surface area (Å²) in [5.74, 6) is -0.563. The Kier molecular flexibility index (Phi) is 6.29. The molecule has 156 valence electrons. The summed E-state index contributed by atoms with van der Waals surface area (Å²) in [6.45, 7) is 1.67. The van der Waals surface area contributed by atoms with Gasteiger partial charge in [-0.1, -0.05) is 6.07 Å². The monoisotopic (exact) mass is 496 g/mol. The standard InChI is InChI=1S/C23H17BrN2O4S/c1-14-2-9-18-19(12-14)31-23(26-18)15-3-5-16(6-4-15)25-21(27)13-29-22(28)11-8-17-7-10-20(24)30-17/h2-12H,13H2,1H3,(H,25,27). The largest absolute Gasteiger partial charge is 0.452 e. The second kappa shape index (κ2) is 9.28. The number of furan rings is 1. The number of aromatic nitrogens is 1. The maximum absolute atomic E-state index is 12.1. The van der Waals surface area contributed by atoms with Crippen LogP contribution >= 0.6 is 27.3 Å². The maximum atomic E-state index is 12.1. The number of fused-ring (bicyclic) bond motifs is 1. The predicted octanol–water partition coefficient (Wildman–Crippen LogP) is 5.82. The summed E-state index contributed by atoms with van der Waals surface area (Å²) >= 11 is 4.80. The Morgan fingerprint density at radius 3 is 2.71 bits per heavy atom. The van der Waals surface area contributed by atoms with Crippen molar-refractivity contribution in [2.24, 2.45) is 0 Å². The molecule has 1 amide bonds. The highest BCUT2D eigenvalue weighted by Gasteiger charge is 2.09. The van der Waals surface area contributed by atoms with Crippen LogP contribution in [-0.4, -0.2) is 23.5 Å². The Bertz CT molecular complexity index is 1270. The molecule has 0 aliphatic heterocycles. The average molecular weight is 497 g/mol. The summed E-state index contributed by atoms with van der Waals surface area (Å²) in [5, 5.41) is 3.62. The number of amides is 1. The molecule has 8 heteroatoms. The molecular weight excluding hydrogens is 480 g/mol. The van der Waals surface area contributed by atoms with Gasteiger partial charge in [0.2, 0.25) is 0 Å². The van der Waals surface area contributed by atoms with Gasteiger partial charge in [-0.25, -0.2) is 9.78 Å². The van der Waals surface area contributed by atoms with Gasteiger partial charge >= 0.3 is 5.97 Å². The normalized spacial score (nSPS) is 11.2. The number of anilines is 1. The molecular formula is C23H17BrN2O4S. The highest BCUT2D eigenvalue weighted by Crippen LogP contribution is 2.31. The van der Waals surface area contributed by atoms with E-state index in [4.69, 9.17) is 9.15 Å². The number of ether oxygens (including phenoxy) is 1. The summed E-state index contributed by atoms with van der Waals surface area (Å²) < 4.78 is 11.9. The fraction of sp³-hybridized carbons (Fsp3) is 0.0870. The van der Waals surface area contributed by atoms with E-state index in [0.717, 1.165) is 20.8 Å². The Hall–Kier alpha value is -3.23. The van der Waals surface area contributed by atoms with Gasteiger partial charge in [0.05, 0.1) is 10.2 Å². The van der Waals surface area contributed by atoms with E-state index in [2.05, 4.69) is 39.2 Å². The molecule has 0 unspecified atom stereocenters. The van der Waals surface area contributed by atoms with E-state index >= 15 is 0 Å². The smallest absolute Gasteiger partial charge is 0.331 e. The van der Waals surface area contributed by atoms with Crippen molar-refractivity contribution in [3.63, 3.8) is 0 Å². The first kappa shape index (κ1) is 21.0. The molecule has 2 aromatic heterocycles. The summed E-state index contributed by atoms with van der Waals surface area (Å²) in [5.41, 5.74) is 3.75. The van der Waals surface area contributed by atoms with Gasteiger partial charge in [-0.3, -0.25) is 4.79 Å². The summed E-state index contributed by atoms with van der Waals surface area (Å²) in [4.78, 5) is 28.4. The van der Waals surface area contributed by atoms with Crippen LogP contribution in [0.5, 0.6) is 0 Å². The molecule has 0 bridgehead atoms. The third-order valence-electron chi connectivity index (χ3n) is 4.28. The van der Waals surface area contributed by atoms with Crippen LogP contribution < -0.4 is 5.32 Å². The zero-order valence-electron chi connectivity index (χ0n) is 16.4. The third-order valence-corrected chi connectivity index (χ3v) is 5.78. The zero-order chi connectivity index (χ0) is 21.8. The highest BCUT2D eigenvalue weighted by molar-refractivity contribution is 9.10. The van der Waals surface area contributed by atoms with E-state index in [1.165, 1.54) is 17.7 Å². The lowest BCUT2D eigenvalue weighted by atomic mass is 10.2. The molecule has 6 nitrogen and oxygen atoms in total. The quantitative estimate of drug-likeness (QED) is 0.268. The van der Waals surface area contributed by atoms with Crippen molar-refractivity contribution in [2.45, 2.75) is 6.92 Å². The van der Waals surface area contributed by atoms with Crippen molar-refractivity contribution in [3.05, 3.63) is 76.7 Å². The first-order chi connectivity index (χ1) is 15.0. The SMILES string of the molecule is Cc1ccc2nc(-c3ccc(NC(=O)COC(=O)C=Cc4ccc(Br)o4)cc3)sc2c1. The number of carbonyl (C=O) groups excluding carboxylic acids is 2. The Morgan fingerprint density at radius 2 is 1.97 bits per heavy atom. The molecule has 0 saturated heterocycles. The fourth-order valence-electron chi connectivity index (χ4n) is 2.80. The number of hydrogen-bond acceptors (Lipinski definition) is 6. The summed E-state index contributed by atoms with van der Waals surface area (Å²) in [7, 11) is 0. The van der Waals surface area contributed by atoms with Crippen LogP contribution in [0.2, 0.25) is 0 Å². The van der Waals surface area contributed by atoms with Gasteiger partial charge in [0, 0.05) is 17.3 Å². The number of benzene rings is 2. The van der Waals surface area contributed by atoms with Crippen LogP contribution in [0.4, 0.5) is 5.69 Å². The first-order valence-electron chi connectivity index (χ1n) is 9.34. The lowest BCUT2D eigenvalue weighted by molar-refractivity contribution is -0.142. The van der Waals surface area contributed by atoms with Gasteiger partial charge in [0.25, 0.3) is 5.91 Å². The Labute approximate surface area is 190 Å². The zero-order valence-corrected chi connectivity index (χ0v) is 18.8.